The molecule has 0 unspecified atom stereocenters. The molecule has 0 spiro atoms. The third-order valence-corrected chi connectivity index (χ3v) is 2.24. The quantitative estimate of drug-likeness (QED) is 0.659. The van der Waals surface area contributed by atoms with Crippen LogP contribution in [0.3, 0.4) is 0 Å². The van der Waals surface area contributed by atoms with E-state index in [1.54, 1.807) is 12.2 Å². The molecule has 0 aromatic heterocycles. The SMILES string of the molecule is C=CC1=C(/C=C\C)C(=O)N(C(C)C)C1=O. The van der Waals surface area contributed by atoms with Crippen molar-refractivity contribution in [1.29, 1.82) is 0 Å². The molecule has 0 aromatic carbocycles. The first-order chi connectivity index (χ1) is 7.04. The van der Waals surface area contributed by atoms with Gasteiger partial charge in [-0.2, -0.15) is 0 Å². The van der Waals surface area contributed by atoms with Crippen LogP contribution >= 0.6 is 0 Å². The minimum Gasteiger partial charge on any atom is -0.272 e. The van der Waals surface area contributed by atoms with Crippen LogP contribution in [0.5, 0.6) is 0 Å². The van der Waals surface area contributed by atoms with Gasteiger partial charge in [0, 0.05) is 6.04 Å². The molecule has 1 aliphatic heterocycles. The van der Waals surface area contributed by atoms with Crippen LogP contribution in [0, 0.1) is 0 Å². The smallest absolute Gasteiger partial charge is 0.261 e. The van der Waals surface area contributed by atoms with Gasteiger partial charge in [-0.15, -0.1) is 0 Å². The summed E-state index contributed by atoms with van der Waals surface area (Å²) in [4.78, 5) is 24.9. The minimum absolute atomic E-state index is 0.122. The molecular weight excluding hydrogens is 190 g/mol. The Hall–Kier alpha value is -1.64. The lowest BCUT2D eigenvalue weighted by molar-refractivity contribution is -0.139. The summed E-state index contributed by atoms with van der Waals surface area (Å²) in [5.41, 5.74) is 0.831. The molecule has 1 heterocycles. The zero-order valence-electron chi connectivity index (χ0n) is 9.28. The van der Waals surface area contributed by atoms with Crippen LogP contribution in [0.25, 0.3) is 0 Å². The van der Waals surface area contributed by atoms with E-state index in [2.05, 4.69) is 6.58 Å². The van der Waals surface area contributed by atoms with Crippen molar-refractivity contribution in [2.75, 3.05) is 0 Å². The lowest BCUT2D eigenvalue weighted by Crippen LogP contribution is -2.37. The highest BCUT2D eigenvalue weighted by atomic mass is 16.2. The van der Waals surface area contributed by atoms with Crippen LogP contribution in [-0.2, 0) is 9.59 Å². The summed E-state index contributed by atoms with van der Waals surface area (Å²) in [6.07, 6.45) is 4.84. The van der Waals surface area contributed by atoms with Crippen molar-refractivity contribution in [3.63, 3.8) is 0 Å². The number of allylic oxidation sites excluding steroid dienone is 1. The molecule has 1 aliphatic rings. The fourth-order valence-electron chi connectivity index (χ4n) is 1.58. The van der Waals surface area contributed by atoms with E-state index >= 15 is 0 Å². The van der Waals surface area contributed by atoms with E-state index in [4.69, 9.17) is 0 Å². The second-order valence-electron chi connectivity index (χ2n) is 3.61. The van der Waals surface area contributed by atoms with Gasteiger partial charge in [0.15, 0.2) is 0 Å². The monoisotopic (exact) mass is 205 g/mol. The van der Waals surface area contributed by atoms with Crippen LogP contribution in [0.15, 0.2) is 36.0 Å². The van der Waals surface area contributed by atoms with E-state index < -0.39 is 0 Å². The summed E-state index contributed by atoms with van der Waals surface area (Å²) < 4.78 is 0. The molecule has 80 valence electrons. The molecule has 0 bridgehead atoms. The number of rotatable bonds is 3. The van der Waals surface area contributed by atoms with Gasteiger partial charge in [0.25, 0.3) is 11.8 Å². The summed E-state index contributed by atoms with van der Waals surface area (Å²) in [7, 11) is 0. The second-order valence-corrected chi connectivity index (χ2v) is 3.61. The predicted octanol–water partition coefficient (Wildman–Crippen LogP) is 1.82. The van der Waals surface area contributed by atoms with Crippen molar-refractivity contribution < 1.29 is 9.59 Å². The van der Waals surface area contributed by atoms with E-state index in [0.29, 0.717) is 11.1 Å². The molecule has 0 atom stereocenters. The molecule has 15 heavy (non-hydrogen) atoms. The molecule has 0 saturated heterocycles. The largest absolute Gasteiger partial charge is 0.272 e. The number of imide groups is 1. The van der Waals surface area contributed by atoms with Crippen LogP contribution < -0.4 is 0 Å². The Kier molecular flexibility index (Phi) is 3.24. The van der Waals surface area contributed by atoms with Crippen LogP contribution in [0.2, 0.25) is 0 Å². The number of carbonyl (C=O) groups excluding carboxylic acids is 2. The van der Waals surface area contributed by atoms with Gasteiger partial charge in [-0.05, 0) is 20.8 Å². The van der Waals surface area contributed by atoms with Crippen molar-refractivity contribution >= 4 is 11.8 Å². The van der Waals surface area contributed by atoms with Gasteiger partial charge in [-0.3, -0.25) is 14.5 Å². The molecule has 2 amide bonds. The highest BCUT2D eigenvalue weighted by molar-refractivity contribution is 6.22. The summed E-state index contributed by atoms with van der Waals surface area (Å²) in [5.74, 6) is -0.485. The topological polar surface area (TPSA) is 37.4 Å². The lowest BCUT2D eigenvalue weighted by Gasteiger charge is -2.18. The highest BCUT2D eigenvalue weighted by Crippen LogP contribution is 2.24. The molecular formula is C12H15NO2. The predicted molar refractivity (Wildman–Crippen MR) is 59.0 cm³/mol. The Bertz CT molecular complexity index is 375. The van der Waals surface area contributed by atoms with Crippen LogP contribution in [0.1, 0.15) is 20.8 Å². The Morgan fingerprint density at radius 2 is 1.73 bits per heavy atom. The second kappa shape index (κ2) is 4.26. The van der Waals surface area contributed by atoms with Crippen molar-refractivity contribution in [2.45, 2.75) is 26.8 Å². The first kappa shape index (κ1) is 11.4. The van der Waals surface area contributed by atoms with E-state index in [9.17, 15) is 9.59 Å². The molecule has 3 nitrogen and oxygen atoms in total. The fraction of sp³-hybridized carbons (Fsp3) is 0.333. The van der Waals surface area contributed by atoms with E-state index in [1.807, 2.05) is 20.8 Å². The van der Waals surface area contributed by atoms with Gasteiger partial charge in [-0.25, -0.2) is 0 Å². The zero-order valence-corrected chi connectivity index (χ0v) is 9.28. The third kappa shape index (κ3) is 1.77. The normalized spacial score (nSPS) is 17.5. The zero-order chi connectivity index (χ0) is 11.6. The molecule has 0 saturated carbocycles. The molecule has 0 fully saturated rings. The number of hydrogen-bond acceptors (Lipinski definition) is 2. The van der Waals surface area contributed by atoms with Gasteiger partial charge in [-0.1, -0.05) is 24.8 Å². The summed E-state index contributed by atoms with van der Waals surface area (Å²) in [5, 5.41) is 0. The highest BCUT2D eigenvalue weighted by Gasteiger charge is 2.36. The number of amides is 2. The summed E-state index contributed by atoms with van der Waals surface area (Å²) in [6.45, 7) is 9.00. The Labute approximate surface area is 89.8 Å². The van der Waals surface area contributed by atoms with Gasteiger partial charge in [0.05, 0.1) is 11.1 Å². The fourth-order valence-corrected chi connectivity index (χ4v) is 1.58. The number of carbonyl (C=O) groups is 2. The number of nitrogens with zero attached hydrogens (tertiary/aromatic N) is 1. The lowest BCUT2D eigenvalue weighted by atomic mass is 10.1. The maximum absolute atomic E-state index is 11.9. The van der Waals surface area contributed by atoms with E-state index in [1.165, 1.54) is 11.0 Å². The Morgan fingerprint density at radius 3 is 2.13 bits per heavy atom. The molecule has 0 aromatic rings. The van der Waals surface area contributed by atoms with Crippen molar-refractivity contribution in [2.24, 2.45) is 0 Å². The third-order valence-electron chi connectivity index (χ3n) is 2.24. The molecule has 0 radical (unpaired) electrons. The van der Waals surface area contributed by atoms with Crippen LogP contribution in [-0.4, -0.2) is 22.8 Å². The average molecular weight is 205 g/mol. The maximum atomic E-state index is 11.9. The van der Waals surface area contributed by atoms with Crippen LogP contribution in [0.4, 0.5) is 0 Å². The number of hydrogen-bond donors (Lipinski definition) is 0. The standard InChI is InChI=1S/C12H15NO2/c1-5-7-10-9(6-2)11(14)13(8(3)4)12(10)15/h5-8H,2H2,1,3-4H3/b7-5-. The molecule has 0 N–H and O–H groups in total. The van der Waals surface area contributed by atoms with Gasteiger partial charge in [0.1, 0.15) is 0 Å². The molecule has 3 heteroatoms. The summed E-state index contributed by atoms with van der Waals surface area (Å²) >= 11 is 0. The molecule has 1 rings (SSSR count). The van der Waals surface area contributed by atoms with Crippen molar-refractivity contribution in [1.82, 2.24) is 4.90 Å². The van der Waals surface area contributed by atoms with E-state index in [-0.39, 0.29) is 17.9 Å². The van der Waals surface area contributed by atoms with E-state index in [0.717, 1.165) is 0 Å². The first-order valence-electron chi connectivity index (χ1n) is 4.91. The Morgan fingerprint density at radius 1 is 1.20 bits per heavy atom. The van der Waals surface area contributed by atoms with Gasteiger partial charge >= 0.3 is 0 Å². The average Bonchev–Trinajstić information content (AvgIpc) is 2.39. The first-order valence-corrected chi connectivity index (χ1v) is 4.91. The van der Waals surface area contributed by atoms with Crippen molar-refractivity contribution in [3.8, 4) is 0 Å². The van der Waals surface area contributed by atoms with Gasteiger partial charge in [0.2, 0.25) is 0 Å². The summed E-state index contributed by atoms with van der Waals surface area (Å²) in [6, 6.07) is -0.122. The van der Waals surface area contributed by atoms with Gasteiger partial charge < -0.3 is 0 Å². The Balaban J connectivity index is 3.22. The minimum atomic E-state index is -0.252. The van der Waals surface area contributed by atoms with Crippen molar-refractivity contribution in [3.05, 3.63) is 36.0 Å². The molecule has 0 aliphatic carbocycles. The maximum Gasteiger partial charge on any atom is 0.261 e.